The Morgan fingerprint density at radius 3 is 2.71 bits per heavy atom. The van der Waals surface area contributed by atoms with Gasteiger partial charge in [-0.1, -0.05) is 29.8 Å². The van der Waals surface area contributed by atoms with Crippen molar-refractivity contribution in [3.8, 4) is 11.4 Å². The Bertz CT molecular complexity index is 997. The number of halogens is 1. The minimum absolute atomic E-state index is 0.0294. The maximum Gasteiger partial charge on any atom is 0.257 e. The zero-order valence-electron chi connectivity index (χ0n) is 15.9. The highest BCUT2D eigenvalue weighted by molar-refractivity contribution is 6.30. The van der Waals surface area contributed by atoms with Crippen LogP contribution in [0.1, 0.15) is 34.0 Å². The van der Waals surface area contributed by atoms with Crippen molar-refractivity contribution in [2.75, 3.05) is 20.2 Å². The molecule has 2 aromatic carbocycles. The molecule has 0 saturated carbocycles. The fourth-order valence-corrected chi connectivity index (χ4v) is 3.94. The van der Waals surface area contributed by atoms with Gasteiger partial charge in [-0.2, -0.15) is 5.10 Å². The third-order valence-electron chi connectivity index (χ3n) is 5.36. The van der Waals surface area contributed by atoms with Gasteiger partial charge in [0.15, 0.2) is 0 Å². The van der Waals surface area contributed by atoms with Crippen molar-refractivity contribution in [3.05, 3.63) is 76.6 Å². The van der Waals surface area contributed by atoms with E-state index in [0.29, 0.717) is 23.0 Å². The molecule has 2 heterocycles. The van der Waals surface area contributed by atoms with Gasteiger partial charge in [0.1, 0.15) is 5.75 Å². The number of benzene rings is 2. The second-order valence-electron chi connectivity index (χ2n) is 7.05. The molecule has 28 heavy (non-hydrogen) atoms. The average Bonchev–Trinajstić information content (AvgIpc) is 3.35. The smallest absolute Gasteiger partial charge is 0.257 e. The van der Waals surface area contributed by atoms with E-state index in [9.17, 15) is 4.79 Å². The van der Waals surface area contributed by atoms with Crippen LogP contribution in [-0.4, -0.2) is 40.8 Å². The SMILES string of the molecule is COc1ccc(C2CCN(C(=O)c3cnn(-c4cccc(Cl)c4)c3C)C2)cc1. The Kier molecular flexibility index (Phi) is 5.09. The van der Waals surface area contributed by atoms with Crippen LogP contribution in [0.2, 0.25) is 5.02 Å². The van der Waals surface area contributed by atoms with Gasteiger partial charge < -0.3 is 9.64 Å². The molecule has 6 heteroatoms. The van der Waals surface area contributed by atoms with Crippen LogP contribution in [0.25, 0.3) is 5.69 Å². The summed E-state index contributed by atoms with van der Waals surface area (Å²) in [5, 5.41) is 5.05. The first-order chi connectivity index (χ1) is 13.6. The second kappa shape index (κ2) is 7.68. The number of carbonyl (C=O) groups is 1. The van der Waals surface area contributed by atoms with Crippen LogP contribution in [0, 0.1) is 6.92 Å². The molecule has 0 spiro atoms. The molecule has 1 unspecified atom stereocenters. The molecule has 0 aliphatic carbocycles. The molecule has 1 aromatic heterocycles. The van der Waals surface area contributed by atoms with Crippen molar-refractivity contribution in [1.29, 1.82) is 0 Å². The normalized spacial score (nSPS) is 16.4. The number of aromatic nitrogens is 2. The minimum atomic E-state index is 0.0294. The van der Waals surface area contributed by atoms with E-state index in [1.54, 1.807) is 18.0 Å². The summed E-state index contributed by atoms with van der Waals surface area (Å²) in [7, 11) is 1.66. The van der Waals surface area contributed by atoms with Gasteiger partial charge >= 0.3 is 0 Å². The molecule has 0 radical (unpaired) electrons. The number of hydrogen-bond acceptors (Lipinski definition) is 3. The first kappa shape index (κ1) is 18.6. The lowest BCUT2D eigenvalue weighted by atomic mass is 9.98. The van der Waals surface area contributed by atoms with E-state index in [0.717, 1.165) is 30.1 Å². The van der Waals surface area contributed by atoms with Gasteiger partial charge in [-0.15, -0.1) is 0 Å². The van der Waals surface area contributed by atoms with Crippen LogP contribution in [0.3, 0.4) is 0 Å². The molecule has 3 aromatic rings. The first-order valence-electron chi connectivity index (χ1n) is 9.30. The zero-order chi connectivity index (χ0) is 19.7. The first-order valence-corrected chi connectivity index (χ1v) is 9.68. The maximum absolute atomic E-state index is 13.1. The van der Waals surface area contributed by atoms with Crippen LogP contribution < -0.4 is 4.74 Å². The van der Waals surface area contributed by atoms with Crippen molar-refractivity contribution in [2.45, 2.75) is 19.3 Å². The summed E-state index contributed by atoms with van der Waals surface area (Å²) in [5.74, 6) is 1.22. The predicted octanol–water partition coefficient (Wildman–Crippen LogP) is 4.47. The molecular formula is C22H22ClN3O2. The van der Waals surface area contributed by atoms with Gasteiger partial charge in [0.05, 0.1) is 30.3 Å². The fraction of sp³-hybridized carbons (Fsp3) is 0.273. The number of hydrogen-bond donors (Lipinski definition) is 0. The molecule has 1 fully saturated rings. The molecule has 1 saturated heterocycles. The number of amides is 1. The number of carbonyl (C=O) groups excluding carboxylic acids is 1. The topological polar surface area (TPSA) is 47.4 Å². The van der Waals surface area contributed by atoms with Gasteiger partial charge in [-0.05, 0) is 49.2 Å². The lowest BCUT2D eigenvalue weighted by Gasteiger charge is -2.17. The minimum Gasteiger partial charge on any atom is -0.497 e. The summed E-state index contributed by atoms with van der Waals surface area (Å²) < 4.78 is 6.99. The summed E-state index contributed by atoms with van der Waals surface area (Å²) in [5.41, 5.74) is 3.54. The quantitative estimate of drug-likeness (QED) is 0.654. The van der Waals surface area contributed by atoms with Crippen LogP contribution in [0.15, 0.2) is 54.7 Å². The lowest BCUT2D eigenvalue weighted by molar-refractivity contribution is 0.0790. The summed E-state index contributed by atoms with van der Waals surface area (Å²) in [4.78, 5) is 15.0. The number of likely N-dealkylation sites (tertiary alicyclic amines) is 1. The van der Waals surface area contributed by atoms with E-state index >= 15 is 0 Å². The number of nitrogens with zero attached hydrogens (tertiary/aromatic N) is 3. The lowest BCUT2D eigenvalue weighted by Crippen LogP contribution is -2.28. The van der Waals surface area contributed by atoms with E-state index in [4.69, 9.17) is 16.3 Å². The highest BCUT2D eigenvalue weighted by Crippen LogP contribution is 2.30. The third kappa shape index (κ3) is 3.50. The van der Waals surface area contributed by atoms with Gasteiger partial charge in [-0.25, -0.2) is 4.68 Å². The molecule has 144 valence electrons. The van der Waals surface area contributed by atoms with Crippen LogP contribution in [0.5, 0.6) is 5.75 Å². The summed E-state index contributed by atoms with van der Waals surface area (Å²) in [6, 6.07) is 15.6. The number of ether oxygens (including phenoxy) is 1. The van der Waals surface area contributed by atoms with Crippen LogP contribution in [0.4, 0.5) is 0 Å². The molecule has 0 bridgehead atoms. The van der Waals surface area contributed by atoms with Crippen LogP contribution in [-0.2, 0) is 0 Å². The maximum atomic E-state index is 13.1. The Hall–Kier alpha value is -2.79. The zero-order valence-corrected chi connectivity index (χ0v) is 16.7. The molecule has 4 rings (SSSR count). The van der Waals surface area contributed by atoms with Gasteiger partial charge in [0.25, 0.3) is 5.91 Å². The molecule has 1 amide bonds. The van der Waals surface area contributed by atoms with E-state index in [-0.39, 0.29) is 5.91 Å². The number of methoxy groups -OCH3 is 1. The molecule has 0 N–H and O–H groups in total. The average molecular weight is 396 g/mol. The van der Waals surface area contributed by atoms with E-state index < -0.39 is 0 Å². The molecular weight excluding hydrogens is 374 g/mol. The van der Waals surface area contributed by atoms with Crippen LogP contribution >= 0.6 is 11.6 Å². The Morgan fingerprint density at radius 1 is 1.21 bits per heavy atom. The summed E-state index contributed by atoms with van der Waals surface area (Å²) in [6.45, 7) is 3.38. The Balaban J connectivity index is 1.51. The van der Waals surface area contributed by atoms with Crippen molar-refractivity contribution in [1.82, 2.24) is 14.7 Å². The molecule has 1 aliphatic rings. The van der Waals surface area contributed by atoms with E-state index in [1.807, 2.05) is 48.2 Å². The van der Waals surface area contributed by atoms with Crippen molar-refractivity contribution in [3.63, 3.8) is 0 Å². The fourth-order valence-electron chi connectivity index (χ4n) is 3.75. The van der Waals surface area contributed by atoms with E-state index in [2.05, 4.69) is 17.2 Å². The highest BCUT2D eigenvalue weighted by atomic mass is 35.5. The predicted molar refractivity (Wildman–Crippen MR) is 110 cm³/mol. The third-order valence-corrected chi connectivity index (χ3v) is 5.59. The number of rotatable bonds is 4. The summed E-state index contributed by atoms with van der Waals surface area (Å²) in [6.07, 6.45) is 2.61. The molecule has 1 atom stereocenters. The summed E-state index contributed by atoms with van der Waals surface area (Å²) >= 11 is 6.09. The van der Waals surface area contributed by atoms with Gasteiger partial charge in [0.2, 0.25) is 0 Å². The molecule has 1 aliphatic heterocycles. The second-order valence-corrected chi connectivity index (χ2v) is 7.48. The monoisotopic (exact) mass is 395 g/mol. The van der Waals surface area contributed by atoms with Crippen molar-refractivity contribution in [2.24, 2.45) is 0 Å². The largest absolute Gasteiger partial charge is 0.497 e. The molecule has 5 nitrogen and oxygen atoms in total. The van der Waals surface area contributed by atoms with Gasteiger partial charge in [0, 0.05) is 24.0 Å². The standard InChI is InChI=1S/C22H22ClN3O2/c1-15-21(13-24-26(15)19-5-3-4-18(23)12-19)22(27)25-11-10-17(14-25)16-6-8-20(28-2)9-7-16/h3-9,12-13,17H,10-11,14H2,1-2H3. The van der Waals surface area contributed by atoms with Gasteiger partial charge in [-0.3, -0.25) is 4.79 Å². The highest BCUT2D eigenvalue weighted by Gasteiger charge is 2.29. The van der Waals surface area contributed by atoms with E-state index in [1.165, 1.54) is 5.56 Å². The Labute approximate surface area is 169 Å². The Morgan fingerprint density at radius 2 is 2.00 bits per heavy atom. The van der Waals surface area contributed by atoms with Crippen molar-refractivity contribution < 1.29 is 9.53 Å². The van der Waals surface area contributed by atoms with Crippen molar-refractivity contribution >= 4 is 17.5 Å².